The molecule has 9 heteroatoms. The van der Waals surface area contributed by atoms with Gasteiger partial charge in [0, 0.05) is 6.61 Å². The van der Waals surface area contributed by atoms with Gasteiger partial charge < -0.3 is 40.1 Å². The quantitative estimate of drug-likeness (QED) is 0.366. The van der Waals surface area contributed by atoms with Gasteiger partial charge in [-0.25, -0.2) is 4.79 Å². The third-order valence-electron chi connectivity index (χ3n) is 3.48. The number of aliphatic hydroxyl groups is 4. The summed E-state index contributed by atoms with van der Waals surface area (Å²) in [6.45, 7) is -0.103. The molecule has 6 N–H and O–H groups in total. The molecule has 2 rings (SSSR count). The Hall–Kier alpha value is -1.91. The number of phenols is 1. The molecular weight excluding hydrogens is 312 g/mol. The number of carbonyl (C=O) groups is 1. The third-order valence-corrected chi connectivity index (χ3v) is 3.48. The Morgan fingerprint density at radius 1 is 1.17 bits per heavy atom. The van der Waals surface area contributed by atoms with E-state index >= 15 is 0 Å². The summed E-state index contributed by atoms with van der Waals surface area (Å²) in [5.74, 6) is -1.94. The fraction of sp³-hybridized carbons (Fsp3) is 0.500. The highest BCUT2D eigenvalue weighted by Gasteiger charge is 2.48. The van der Waals surface area contributed by atoms with Crippen LogP contribution in [0.25, 0.3) is 0 Å². The minimum Gasteiger partial charge on any atom is -0.504 e. The van der Waals surface area contributed by atoms with Crippen LogP contribution in [0.5, 0.6) is 11.5 Å². The molecule has 23 heavy (non-hydrogen) atoms. The summed E-state index contributed by atoms with van der Waals surface area (Å²) in [5, 5.41) is 56.7. The van der Waals surface area contributed by atoms with E-state index in [9.17, 15) is 25.2 Å². The van der Waals surface area contributed by atoms with Gasteiger partial charge in [0.2, 0.25) is 6.29 Å². The van der Waals surface area contributed by atoms with Crippen molar-refractivity contribution in [1.29, 1.82) is 0 Å². The molecule has 0 bridgehead atoms. The zero-order chi connectivity index (χ0) is 17.1. The number of aliphatic hydroxyl groups excluding tert-OH is 4. The largest absolute Gasteiger partial charge is 0.504 e. The van der Waals surface area contributed by atoms with E-state index in [0.717, 1.165) is 0 Å². The average molecular weight is 330 g/mol. The molecule has 0 saturated carbocycles. The lowest BCUT2D eigenvalue weighted by Gasteiger charge is -2.38. The molecule has 1 aliphatic heterocycles. The predicted molar refractivity (Wildman–Crippen MR) is 73.8 cm³/mol. The molecule has 0 spiro atoms. The highest BCUT2D eigenvalue weighted by atomic mass is 16.7. The average Bonchev–Trinajstić information content (AvgIpc) is 2.50. The fourth-order valence-electron chi connectivity index (χ4n) is 2.22. The topological polar surface area (TPSA) is 157 Å². The maximum Gasteiger partial charge on any atom is 0.335 e. The Bertz CT molecular complexity index is 561. The van der Waals surface area contributed by atoms with Crippen LogP contribution in [-0.2, 0) is 16.0 Å². The molecule has 1 aromatic rings. The van der Waals surface area contributed by atoms with E-state index in [-0.39, 0.29) is 18.1 Å². The van der Waals surface area contributed by atoms with Crippen molar-refractivity contribution in [1.82, 2.24) is 0 Å². The molecule has 1 fully saturated rings. The minimum absolute atomic E-state index is 0.103. The molecule has 1 heterocycles. The van der Waals surface area contributed by atoms with Gasteiger partial charge in [0.15, 0.2) is 17.6 Å². The second kappa shape index (κ2) is 7.11. The number of ether oxygens (including phenoxy) is 2. The molecule has 9 nitrogen and oxygen atoms in total. The first-order valence-electron chi connectivity index (χ1n) is 6.87. The first-order chi connectivity index (χ1) is 10.8. The predicted octanol–water partition coefficient (Wildman–Crippen LogP) is -1.80. The molecule has 5 unspecified atom stereocenters. The lowest BCUT2D eigenvalue weighted by atomic mass is 9.99. The number of hydrogen-bond acceptors (Lipinski definition) is 8. The third kappa shape index (κ3) is 3.71. The normalized spacial score (nSPS) is 30.9. The molecule has 1 saturated heterocycles. The summed E-state index contributed by atoms with van der Waals surface area (Å²) in [6, 6.07) is 4.24. The molecule has 1 aliphatic rings. The van der Waals surface area contributed by atoms with Crippen LogP contribution in [-0.4, -0.2) is 73.9 Å². The Labute approximate surface area is 130 Å². The monoisotopic (exact) mass is 330 g/mol. The van der Waals surface area contributed by atoms with E-state index < -0.39 is 36.7 Å². The Kier molecular flexibility index (Phi) is 5.39. The highest BCUT2D eigenvalue weighted by molar-refractivity contribution is 5.73. The smallest absolute Gasteiger partial charge is 0.335 e. The van der Waals surface area contributed by atoms with Gasteiger partial charge in [-0.3, -0.25) is 0 Å². The second-order valence-electron chi connectivity index (χ2n) is 5.13. The van der Waals surface area contributed by atoms with Crippen LogP contribution in [0.2, 0.25) is 0 Å². The lowest BCUT2D eigenvalue weighted by Crippen LogP contribution is -2.61. The number of carboxylic acid groups (broad SMARTS) is 1. The van der Waals surface area contributed by atoms with Gasteiger partial charge in [-0.1, -0.05) is 6.07 Å². The van der Waals surface area contributed by atoms with Crippen LogP contribution in [0.1, 0.15) is 5.56 Å². The number of aromatic hydroxyl groups is 1. The van der Waals surface area contributed by atoms with Crippen molar-refractivity contribution in [3.63, 3.8) is 0 Å². The summed E-state index contributed by atoms with van der Waals surface area (Å²) in [4.78, 5) is 11.0. The van der Waals surface area contributed by atoms with Crippen molar-refractivity contribution < 1.29 is 44.9 Å². The molecule has 5 atom stereocenters. The maximum absolute atomic E-state index is 11.0. The SMILES string of the molecule is O=C(O)C1OC(Oc2ccc(CCO)cc2O)C(O)C(O)C1O. The van der Waals surface area contributed by atoms with E-state index in [0.29, 0.717) is 12.0 Å². The van der Waals surface area contributed by atoms with Crippen molar-refractivity contribution in [2.45, 2.75) is 37.1 Å². The molecule has 0 aromatic heterocycles. The molecule has 0 amide bonds. The summed E-state index contributed by atoms with van der Waals surface area (Å²) in [6.07, 6.45) is -8.37. The van der Waals surface area contributed by atoms with Crippen LogP contribution >= 0.6 is 0 Å². The summed E-state index contributed by atoms with van der Waals surface area (Å²) in [5.41, 5.74) is 0.640. The van der Waals surface area contributed by atoms with Gasteiger partial charge in [-0.15, -0.1) is 0 Å². The van der Waals surface area contributed by atoms with Crippen molar-refractivity contribution in [2.75, 3.05) is 6.61 Å². The van der Waals surface area contributed by atoms with Gasteiger partial charge in [0.05, 0.1) is 0 Å². The number of aliphatic carboxylic acids is 1. The highest BCUT2D eigenvalue weighted by Crippen LogP contribution is 2.31. The molecule has 128 valence electrons. The van der Waals surface area contributed by atoms with Gasteiger partial charge in [0.25, 0.3) is 0 Å². The van der Waals surface area contributed by atoms with Gasteiger partial charge in [0.1, 0.15) is 18.3 Å². The molecular formula is C14H18O9. The maximum atomic E-state index is 11.0. The van der Waals surface area contributed by atoms with Crippen LogP contribution in [0.4, 0.5) is 0 Å². The number of rotatable bonds is 5. The lowest BCUT2D eigenvalue weighted by molar-refractivity contribution is -0.271. The standard InChI is InChI=1S/C14H18O9/c15-4-3-6-1-2-8(7(16)5-6)22-14-11(19)9(17)10(18)12(23-14)13(20)21/h1-2,5,9-12,14-19H,3-4H2,(H,20,21). The van der Waals surface area contributed by atoms with Crippen LogP contribution in [0, 0.1) is 0 Å². The summed E-state index contributed by atoms with van der Waals surface area (Å²) < 4.78 is 10.2. The van der Waals surface area contributed by atoms with Crippen molar-refractivity contribution in [3.05, 3.63) is 23.8 Å². The summed E-state index contributed by atoms with van der Waals surface area (Å²) in [7, 11) is 0. The summed E-state index contributed by atoms with van der Waals surface area (Å²) >= 11 is 0. The molecule has 1 aromatic carbocycles. The number of benzene rings is 1. The van der Waals surface area contributed by atoms with Gasteiger partial charge in [-0.05, 0) is 24.1 Å². The van der Waals surface area contributed by atoms with Gasteiger partial charge >= 0.3 is 5.97 Å². The fourth-order valence-corrected chi connectivity index (χ4v) is 2.22. The molecule has 0 aliphatic carbocycles. The Morgan fingerprint density at radius 2 is 1.87 bits per heavy atom. The van der Waals surface area contributed by atoms with E-state index in [2.05, 4.69) is 0 Å². The van der Waals surface area contributed by atoms with Crippen LogP contribution < -0.4 is 4.74 Å². The van der Waals surface area contributed by atoms with E-state index in [1.807, 2.05) is 0 Å². The van der Waals surface area contributed by atoms with Gasteiger partial charge in [-0.2, -0.15) is 0 Å². The Balaban J connectivity index is 2.16. The van der Waals surface area contributed by atoms with Crippen molar-refractivity contribution >= 4 is 5.97 Å². The molecule has 0 radical (unpaired) electrons. The minimum atomic E-state index is -1.82. The zero-order valence-corrected chi connectivity index (χ0v) is 11.9. The second-order valence-corrected chi connectivity index (χ2v) is 5.13. The van der Waals surface area contributed by atoms with Crippen LogP contribution in [0.15, 0.2) is 18.2 Å². The first kappa shape index (κ1) is 17.4. The first-order valence-corrected chi connectivity index (χ1v) is 6.87. The van der Waals surface area contributed by atoms with E-state index in [4.69, 9.17) is 19.7 Å². The van der Waals surface area contributed by atoms with Crippen molar-refractivity contribution in [2.24, 2.45) is 0 Å². The zero-order valence-electron chi connectivity index (χ0n) is 11.9. The number of hydrogen-bond donors (Lipinski definition) is 6. The number of carboxylic acids is 1. The van der Waals surface area contributed by atoms with Crippen molar-refractivity contribution in [3.8, 4) is 11.5 Å². The van der Waals surface area contributed by atoms with E-state index in [1.165, 1.54) is 12.1 Å². The van der Waals surface area contributed by atoms with E-state index in [1.54, 1.807) is 6.07 Å². The Morgan fingerprint density at radius 3 is 2.43 bits per heavy atom. The number of phenolic OH excluding ortho intramolecular Hbond substituents is 1. The van der Waals surface area contributed by atoms with Crippen LogP contribution in [0.3, 0.4) is 0 Å².